The first kappa shape index (κ1) is 29.6. The minimum Gasteiger partial charge on any atom is -0.453 e. The molecule has 3 aliphatic rings. The lowest BCUT2D eigenvalue weighted by molar-refractivity contribution is -0.278. The topological polar surface area (TPSA) is 116 Å². The van der Waals surface area contributed by atoms with Gasteiger partial charge in [0.1, 0.15) is 0 Å². The summed E-state index contributed by atoms with van der Waals surface area (Å²) in [5, 5.41) is 12.3. The number of benzene rings is 2. The molecular weight excluding hydrogens is 528 g/mol. The molecule has 0 bridgehead atoms. The summed E-state index contributed by atoms with van der Waals surface area (Å²) in [6.07, 6.45) is -0.144. The van der Waals surface area contributed by atoms with Crippen molar-refractivity contribution in [2.75, 3.05) is 38.2 Å². The highest BCUT2D eigenvalue weighted by molar-refractivity contribution is 5.94. The maximum absolute atomic E-state index is 12.4. The molecule has 3 fully saturated rings. The van der Waals surface area contributed by atoms with Crippen molar-refractivity contribution in [1.82, 2.24) is 4.90 Å². The van der Waals surface area contributed by atoms with Crippen LogP contribution in [0.25, 0.3) is 0 Å². The van der Waals surface area contributed by atoms with Gasteiger partial charge in [-0.2, -0.15) is 0 Å². The molecule has 1 amide bonds. The van der Waals surface area contributed by atoms with Crippen LogP contribution >= 0.6 is 0 Å². The number of hydrogen-bond donors (Lipinski definition) is 2. The lowest BCUT2D eigenvalue weighted by atomic mass is 9.89. The second-order valence-electron chi connectivity index (χ2n) is 11.1. The van der Waals surface area contributed by atoms with E-state index in [2.05, 4.69) is 17.1 Å². The normalized spacial score (nSPS) is 26.9. The molecule has 5 atom stereocenters. The van der Waals surface area contributed by atoms with Crippen molar-refractivity contribution >= 4 is 17.6 Å². The summed E-state index contributed by atoms with van der Waals surface area (Å²) in [7, 11) is 0. The van der Waals surface area contributed by atoms with E-state index in [-0.39, 0.29) is 24.7 Å². The highest BCUT2D eigenvalue weighted by Crippen LogP contribution is 2.42. The Kier molecular flexibility index (Phi) is 9.38. The second-order valence-corrected chi connectivity index (χ2v) is 11.1. The minimum atomic E-state index is -0.895. The first-order valence-corrected chi connectivity index (χ1v) is 14.3. The number of esters is 1. The summed E-state index contributed by atoms with van der Waals surface area (Å²) >= 11 is 0. The summed E-state index contributed by atoms with van der Waals surface area (Å²) in [5.41, 5.74) is 3.28. The largest absolute Gasteiger partial charge is 0.453 e. The Hall–Kier alpha value is -2.86. The molecule has 222 valence electrons. The quantitative estimate of drug-likeness (QED) is 0.460. The number of nitrogens with one attached hydrogen (secondary N) is 1. The number of hydrogen-bond acceptors (Lipinski definition) is 9. The Morgan fingerprint density at radius 3 is 2.27 bits per heavy atom. The van der Waals surface area contributed by atoms with Gasteiger partial charge in [-0.1, -0.05) is 43.3 Å². The summed E-state index contributed by atoms with van der Waals surface area (Å²) in [6, 6.07) is 15.2. The van der Waals surface area contributed by atoms with Crippen molar-refractivity contribution in [1.29, 1.82) is 0 Å². The summed E-state index contributed by atoms with van der Waals surface area (Å²) in [6.45, 7) is 8.75. The van der Waals surface area contributed by atoms with Crippen LogP contribution in [0.4, 0.5) is 5.69 Å². The fourth-order valence-electron chi connectivity index (χ4n) is 5.71. The predicted molar refractivity (Wildman–Crippen MR) is 150 cm³/mol. The van der Waals surface area contributed by atoms with Crippen molar-refractivity contribution < 1.29 is 38.4 Å². The summed E-state index contributed by atoms with van der Waals surface area (Å²) in [5.74, 6) is -1.27. The van der Waals surface area contributed by atoms with Crippen molar-refractivity contribution in [2.24, 2.45) is 5.92 Å². The first-order chi connectivity index (χ1) is 19.7. The summed E-state index contributed by atoms with van der Waals surface area (Å²) in [4.78, 5) is 25.9. The first-order valence-electron chi connectivity index (χ1n) is 14.3. The SMILES string of the molecule is CC(=O)O[C@@H](C)C(=O)Nc1ccc([C@H]2O[C@@H](CN3CCC4(CC3)OCCO4)[C@@H](C)[C@@H](c3ccc(CO)cc3)O2)cc1. The maximum Gasteiger partial charge on any atom is 0.303 e. The minimum absolute atomic E-state index is 0.0118. The van der Waals surface area contributed by atoms with Gasteiger partial charge in [-0.05, 0) is 30.2 Å². The van der Waals surface area contributed by atoms with Gasteiger partial charge >= 0.3 is 5.97 Å². The number of piperidine rings is 1. The highest BCUT2D eigenvalue weighted by atomic mass is 16.7. The molecular formula is C31H40N2O8. The van der Waals surface area contributed by atoms with Crippen LogP contribution in [0.3, 0.4) is 0 Å². The molecule has 41 heavy (non-hydrogen) atoms. The molecule has 10 heteroatoms. The van der Waals surface area contributed by atoms with E-state index in [0.29, 0.717) is 18.9 Å². The number of rotatable bonds is 8. The van der Waals surface area contributed by atoms with E-state index < -0.39 is 30.1 Å². The van der Waals surface area contributed by atoms with Gasteiger partial charge in [0.05, 0.1) is 32.0 Å². The lowest BCUT2D eigenvalue weighted by Gasteiger charge is -2.44. The van der Waals surface area contributed by atoms with Gasteiger partial charge in [0, 0.05) is 56.6 Å². The number of anilines is 1. The van der Waals surface area contributed by atoms with Crippen molar-refractivity contribution in [3.8, 4) is 0 Å². The van der Waals surface area contributed by atoms with Crippen LogP contribution < -0.4 is 5.32 Å². The van der Waals surface area contributed by atoms with Gasteiger partial charge in [-0.3, -0.25) is 9.59 Å². The van der Waals surface area contributed by atoms with Gasteiger partial charge in [0.25, 0.3) is 5.91 Å². The van der Waals surface area contributed by atoms with Gasteiger partial charge in [-0.15, -0.1) is 0 Å². The zero-order chi connectivity index (χ0) is 29.0. The van der Waals surface area contributed by atoms with Crippen LogP contribution in [0, 0.1) is 5.92 Å². The van der Waals surface area contributed by atoms with Gasteiger partial charge in [0.15, 0.2) is 18.2 Å². The average Bonchev–Trinajstić information content (AvgIpc) is 3.43. The van der Waals surface area contributed by atoms with E-state index in [1.807, 2.05) is 36.4 Å². The molecule has 10 nitrogen and oxygen atoms in total. The molecule has 0 saturated carbocycles. The molecule has 3 saturated heterocycles. The van der Waals surface area contributed by atoms with Gasteiger partial charge in [0.2, 0.25) is 0 Å². The third-order valence-electron chi connectivity index (χ3n) is 8.16. The molecule has 2 N–H and O–H groups in total. The van der Waals surface area contributed by atoms with E-state index in [1.165, 1.54) is 13.8 Å². The Morgan fingerprint density at radius 1 is 1.02 bits per heavy atom. The fourth-order valence-corrected chi connectivity index (χ4v) is 5.71. The predicted octanol–water partition coefficient (Wildman–Crippen LogP) is 3.70. The monoisotopic (exact) mass is 568 g/mol. The van der Waals surface area contributed by atoms with Gasteiger partial charge in [-0.25, -0.2) is 0 Å². The molecule has 1 spiro atoms. The Balaban J connectivity index is 1.30. The molecule has 2 aromatic rings. The number of nitrogens with zero attached hydrogens (tertiary/aromatic N) is 1. The number of amides is 1. The van der Waals surface area contributed by atoms with Crippen molar-refractivity contribution in [3.05, 3.63) is 65.2 Å². The van der Waals surface area contributed by atoms with Crippen LogP contribution in [-0.2, 0) is 39.9 Å². The third-order valence-corrected chi connectivity index (χ3v) is 8.16. The highest BCUT2D eigenvalue weighted by Gasteiger charge is 2.43. The molecule has 0 unspecified atom stereocenters. The zero-order valence-corrected chi connectivity index (χ0v) is 23.9. The number of likely N-dealkylation sites (tertiary alicyclic amines) is 1. The van der Waals surface area contributed by atoms with E-state index in [9.17, 15) is 14.7 Å². The van der Waals surface area contributed by atoms with E-state index >= 15 is 0 Å². The maximum atomic E-state index is 12.4. The lowest BCUT2D eigenvalue weighted by Crippen LogP contribution is -2.50. The van der Waals surface area contributed by atoms with E-state index in [0.717, 1.165) is 49.2 Å². The van der Waals surface area contributed by atoms with Crippen molar-refractivity contribution in [2.45, 2.75) is 70.6 Å². The average molecular weight is 569 g/mol. The Labute approximate surface area is 240 Å². The van der Waals surface area contributed by atoms with Gasteiger partial charge < -0.3 is 39.0 Å². The van der Waals surface area contributed by atoms with Crippen LogP contribution in [0.5, 0.6) is 0 Å². The van der Waals surface area contributed by atoms with Crippen LogP contribution in [0.2, 0.25) is 0 Å². The third kappa shape index (κ3) is 7.14. The second kappa shape index (κ2) is 13.0. The van der Waals surface area contributed by atoms with E-state index in [1.54, 1.807) is 12.1 Å². The molecule has 0 radical (unpaired) electrons. The van der Waals surface area contributed by atoms with E-state index in [4.69, 9.17) is 23.7 Å². The number of ether oxygens (including phenoxy) is 5. The van der Waals surface area contributed by atoms with Crippen LogP contribution in [0.1, 0.15) is 62.7 Å². The molecule has 3 heterocycles. The number of carbonyl (C=O) groups is 2. The van der Waals surface area contributed by atoms with Crippen LogP contribution in [0.15, 0.2) is 48.5 Å². The molecule has 2 aromatic carbocycles. The van der Waals surface area contributed by atoms with Crippen molar-refractivity contribution in [3.63, 3.8) is 0 Å². The summed E-state index contributed by atoms with van der Waals surface area (Å²) < 4.78 is 29.9. The van der Waals surface area contributed by atoms with Crippen LogP contribution in [-0.4, -0.2) is 72.7 Å². The number of aliphatic hydroxyl groups is 1. The standard InChI is InChI=1S/C31H40N2O8/c1-20-27(18-33-14-12-31(13-15-33)37-16-17-38-31)40-30(41-28(20)24-6-4-23(19-34)5-7-24)25-8-10-26(11-9-25)32-29(36)21(2)39-22(3)35/h4-11,20-21,27-28,30,34H,12-19H2,1-3H3,(H,32,36)/t20-,21+,27+,28+,30+/m1/s1. The molecule has 5 rings (SSSR count). The molecule has 3 aliphatic heterocycles. The smallest absolute Gasteiger partial charge is 0.303 e. The zero-order valence-electron chi connectivity index (χ0n) is 23.9. The Bertz CT molecular complexity index is 1170. The fraction of sp³-hybridized carbons (Fsp3) is 0.548. The Morgan fingerprint density at radius 2 is 1.66 bits per heavy atom. The molecule has 0 aromatic heterocycles. The number of carbonyl (C=O) groups excluding carboxylic acids is 2. The number of aliphatic hydroxyl groups excluding tert-OH is 1. The molecule has 0 aliphatic carbocycles.